The fourth-order valence-corrected chi connectivity index (χ4v) is 2.02. The average molecular weight is 302 g/mol. The Morgan fingerprint density at radius 1 is 1.22 bits per heavy atom. The predicted octanol–water partition coefficient (Wildman–Crippen LogP) is 3.96. The quantitative estimate of drug-likeness (QED) is 0.826. The van der Waals surface area contributed by atoms with Crippen LogP contribution in [0.3, 0.4) is 0 Å². The normalized spacial score (nSPS) is 9.83. The van der Waals surface area contributed by atoms with Gasteiger partial charge in [0.15, 0.2) is 0 Å². The molecule has 0 aliphatic rings. The van der Waals surface area contributed by atoms with Gasteiger partial charge in [-0.05, 0) is 42.8 Å². The van der Waals surface area contributed by atoms with Crippen molar-refractivity contribution in [2.75, 3.05) is 11.1 Å². The van der Waals surface area contributed by atoms with E-state index in [4.69, 9.17) is 11.0 Å². The maximum Gasteiger partial charge on any atom is 0.101 e. The summed E-state index contributed by atoms with van der Waals surface area (Å²) in [5.41, 5.74) is 9.60. The number of rotatable bonds is 2. The molecule has 0 radical (unpaired) electrons. The zero-order chi connectivity index (χ0) is 13.1. The number of anilines is 3. The molecule has 0 atom stereocenters. The minimum atomic E-state index is 0.536. The van der Waals surface area contributed by atoms with Crippen LogP contribution >= 0.6 is 15.9 Å². The third-order valence-electron chi connectivity index (χ3n) is 2.70. The van der Waals surface area contributed by atoms with Crippen molar-refractivity contribution in [3.05, 3.63) is 52.0 Å². The standard InChI is InChI=1S/C14H12BrN3/c1-9-12(15)3-2-4-13(9)18-14-6-5-11(17)7-10(14)8-16/h2-7,18H,17H2,1H3. The van der Waals surface area contributed by atoms with E-state index >= 15 is 0 Å². The lowest BCUT2D eigenvalue weighted by Gasteiger charge is -2.12. The first-order chi connectivity index (χ1) is 8.61. The zero-order valence-electron chi connectivity index (χ0n) is 9.87. The van der Waals surface area contributed by atoms with Gasteiger partial charge < -0.3 is 11.1 Å². The molecular weight excluding hydrogens is 290 g/mol. The Hall–Kier alpha value is -1.99. The van der Waals surface area contributed by atoms with Crippen LogP contribution in [0.5, 0.6) is 0 Å². The van der Waals surface area contributed by atoms with Gasteiger partial charge in [0.25, 0.3) is 0 Å². The third-order valence-corrected chi connectivity index (χ3v) is 3.56. The van der Waals surface area contributed by atoms with E-state index in [1.54, 1.807) is 12.1 Å². The molecule has 0 aliphatic carbocycles. The van der Waals surface area contributed by atoms with Crippen molar-refractivity contribution in [1.82, 2.24) is 0 Å². The molecule has 0 aromatic heterocycles. The summed E-state index contributed by atoms with van der Waals surface area (Å²) in [7, 11) is 0. The zero-order valence-corrected chi connectivity index (χ0v) is 11.5. The van der Waals surface area contributed by atoms with Crippen LogP contribution in [-0.2, 0) is 0 Å². The summed E-state index contributed by atoms with van der Waals surface area (Å²) in [5, 5.41) is 12.3. The van der Waals surface area contributed by atoms with E-state index in [1.165, 1.54) is 0 Å². The molecular formula is C14H12BrN3. The van der Waals surface area contributed by atoms with Gasteiger partial charge in [-0.1, -0.05) is 22.0 Å². The first-order valence-corrected chi connectivity index (χ1v) is 6.23. The molecule has 18 heavy (non-hydrogen) atoms. The van der Waals surface area contributed by atoms with Crippen molar-refractivity contribution in [1.29, 1.82) is 5.26 Å². The van der Waals surface area contributed by atoms with Crippen molar-refractivity contribution < 1.29 is 0 Å². The largest absolute Gasteiger partial charge is 0.399 e. The number of nitrogens with two attached hydrogens (primary N) is 1. The summed E-state index contributed by atoms with van der Waals surface area (Å²) in [6.07, 6.45) is 0. The van der Waals surface area contributed by atoms with Crippen molar-refractivity contribution >= 4 is 33.0 Å². The fraction of sp³-hybridized carbons (Fsp3) is 0.0714. The van der Waals surface area contributed by atoms with Gasteiger partial charge >= 0.3 is 0 Å². The average Bonchev–Trinajstić information content (AvgIpc) is 2.37. The van der Waals surface area contributed by atoms with Crippen molar-refractivity contribution in [3.8, 4) is 6.07 Å². The molecule has 2 aromatic carbocycles. The van der Waals surface area contributed by atoms with Crippen LogP contribution in [0.25, 0.3) is 0 Å². The van der Waals surface area contributed by atoms with E-state index in [9.17, 15) is 0 Å². The van der Waals surface area contributed by atoms with Crippen LogP contribution in [-0.4, -0.2) is 0 Å². The minimum Gasteiger partial charge on any atom is -0.399 e. The molecule has 2 rings (SSSR count). The smallest absolute Gasteiger partial charge is 0.101 e. The molecule has 0 saturated heterocycles. The van der Waals surface area contributed by atoms with Crippen LogP contribution in [0, 0.1) is 18.3 Å². The SMILES string of the molecule is Cc1c(Br)cccc1Nc1ccc(N)cc1C#N. The Labute approximate surface area is 114 Å². The number of nitrogens with one attached hydrogen (secondary N) is 1. The summed E-state index contributed by atoms with van der Waals surface area (Å²) in [6.45, 7) is 2.01. The lowest BCUT2D eigenvalue weighted by molar-refractivity contribution is 1.39. The number of benzene rings is 2. The maximum absolute atomic E-state index is 9.09. The Balaban J connectivity index is 2.41. The first kappa shape index (κ1) is 12.5. The Morgan fingerprint density at radius 2 is 2.00 bits per heavy atom. The summed E-state index contributed by atoms with van der Waals surface area (Å²) in [4.78, 5) is 0. The van der Waals surface area contributed by atoms with Crippen LogP contribution in [0.4, 0.5) is 17.1 Å². The third kappa shape index (κ3) is 2.47. The second-order valence-electron chi connectivity index (χ2n) is 3.95. The van der Waals surface area contributed by atoms with Crippen molar-refractivity contribution in [2.24, 2.45) is 0 Å². The van der Waals surface area contributed by atoms with Crippen molar-refractivity contribution in [3.63, 3.8) is 0 Å². The molecule has 0 aliphatic heterocycles. The summed E-state index contributed by atoms with van der Waals surface area (Å²) < 4.78 is 1.03. The van der Waals surface area contributed by atoms with Gasteiger partial charge in [-0.2, -0.15) is 5.26 Å². The van der Waals surface area contributed by atoms with Crippen molar-refractivity contribution in [2.45, 2.75) is 6.92 Å². The van der Waals surface area contributed by atoms with E-state index in [0.29, 0.717) is 11.3 Å². The second kappa shape index (κ2) is 5.11. The molecule has 0 heterocycles. The van der Waals surface area contributed by atoms with Gasteiger partial charge in [-0.3, -0.25) is 0 Å². The summed E-state index contributed by atoms with van der Waals surface area (Å²) >= 11 is 3.48. The number of nitrogen functional groups attached to an aromatic ring is 1. The highest BCUT2D eigenvalue weighted by atomic mass is 79.9. The molecule has 0 fully saturated rings. The molecule has 0 amide bonds. The van der Waals surface area contributed by atoms with Gasteiger partial charge in [0, 0.05) is 15.8 Å². The molecule has 3 nitrogen and oxygen atoms in total. The fourth-order valence-electron chi connectivity index (χ4n) is 1.65. The number of hydrogen-bond donors (Lipinski definition) is 2. The van der Waals surface area contributed by atoms with Gasteiger partial charge in [0.1, 0.15) is 6.07 Å². The predicted molar refractivity (Wildman–Crippen MR) is 77.7 cm³/mol. The monoisotopic (exact) mass is 301 g/mol. The molecule has 0 unspecified atom stereocenters. The number of nitrogens with zero attached hydrogens (tertiary/aromatic N) is 1. The van der Waals surface area contributed by atoms with Gasteiger partial charge in [-0.25, -0.2) is 0 Å². The van der Waals surface area contributed by atoms with E-state index in [-0.39, 0.29) is 0 Å². The molecule has 3 N–H and O–H groups in total. The van der Waals surface area contributed by atoms with E-state index < -0.39 is 0 Å². The molecule has 0 spiro atoms. The van der Waals surface area contributed by atoms with Gasteiger partial charge in [0.2, 0.25) is 0 Å². The highest BCUT2D eigenvalue weighted by molar-refractivity contribution is 9.10. The molecule has 0 saturated carbocycles. The van der Waals surface area contributed by atoms with E-state index in [0.717, 1.165) is 21.4 Å². The van der Waals surface area contributed by atoms with E-state index in [2.05, 4.69) is 27.3 Å². The molecule has 2 aromatic rings. The summed E-state index contributed by atoms with van der Waals surface area (Å²) in [5.74, 6) is 0. The Kier molecular flexibility index (Phi) is 3.54. The van der Waals surface area contributed by atoms with Gasteiger partial charge in [0.05, 0.1) is 11.3 Å². The molecule has 0 bridgehead atoms. The lowest BCUT2D eigenvalue weighted by Crippen LogP contribution is -1.97. The molecule has 4 heteroatoms. The van der Waals surface area contributed by atoms with Gasteiger partial charge in [-0.15, -0.1) is 0 Å². The van der Waals surface area contributed by atoms with Crippen LogP contribution in [0.1, 0.15) is 11.1 Å². The molecule has 90 valence electrons. The highest BCUT2D eigenvalue weighted by Gasteiger charge is 2.06. The van der Waals surface area contributed by atoms with Crippen LogP contribution in [0.2, 0.25) is 0 Å². The number of halogens is 1. The second-order valence-corrected chi connectivity index (χ2v) is 4.81. The topological polar surface area (TPSA) is 61.8 Å². The van der Waals surface area contributed by atoms with E-state index in [1.807, 2.05) is 31.2 Å². The Morgan fingerprint density at radius 3 is 2.72 bits per heavy atom. The Bertz CT molecular complexity index is 629. The lowest BCUT2D eigenvalue weighted by atomic mass is 10.1. The summed E-state index contributed by atoms with van der Waals surface area (Å²) in [6, 6.07) is 13.3. The highest BCUT2D eigenvalue weighted by Crippen LogP contribution is 2.28. The number of hydrogen-bond acceptors (Lipinski definition) is 3. The van der Waals surface area contributed by atoms with Crippen LogP contribution < -0.4 is 11.1 Å². The number of nitriles is 1. The van der Waals surface area contributed by atoms with Crippen LogP contribution in [0.15, 0.2) is 40.9 Å². The first-order valence-electron chi connectivity index (χ1n) is 5.43. The minimum absolute atomic E-state index is 0.536. The maximum atomic E-state index is 9.09.